The van der Waals surface area contributed by atoms with Gasteiger partial charge in [-0.25, -0.2) is 4.98 Å². The SMILES string of the molecule is CCCC[NH+](C)Cc1c(C(=O)[O-])nc2ccccn12. The van der Waals surface area contributed by atoms with Gasteiger partial charge in [-0.1, -0.05) is 19.4 Å². The molecule has 2 aromatic rings. The van der Waals surface area contributed by atoms with E-state index in [1.165, 1.54) is 4.90 Å². The van der Waals surface area contributed by atoms with Crippen LogP contribution in [0.3, 0.4) is 0 Å². The number of fused-ring (bicyclic) bond motifs is 1. The highest BCUT2D eigenvalue weighted by molar-refractivity contribution is 5.86. The van der Waals surface area contributed by atoms with E-state index in [9.17, 15) is 9.90 Å². The maximum Gasteiger partial charge on any atom is 0.137 e. The number of unbranched alkanes of at least 4 members (excludes halogenated alkanes) is 1. The van der Waals surface area contributed by atoms with Gasteiger partial charge in [-0.15, -0.1) is 0 Å². The van der Waals surface area contributed by atoms with E-state index in [1.54, 1.807) is 6.07 Å². The van der Waals surface area contributed by atoms with Gasteiger partial charge in [-0.3, -0.25) is 4.40 Å². The number of rotatable bonds is 6. The van der Waals surface area contributed by atoms with Gasteiger partial charge in [0.2, 0.25) is 0 Å². The second kappa shape index (κ2) is 5.84. The van der Waals surface area contributed by atoms with E-state index in [0.29, 0.717) is 17.9 Å². The van der Waals surface area contributed by atoms with E-state index in [4.69, 9.17) is 0 Å². The number of hydrogen-bond donors (Lipinski definition) is 1. The summed E-state index contributed by atoms with van der Waals surface area (Å²) in [6.45, 7) is 3.80. The van der Waals surface area contributed by atoms with Crippen molar-refractivity contribution in [2.45, 2.75) is 26.3 Å². The van der Waals surface area contributed by atoms with Gasteiger partial charge in [0.05, 0.1) is 19.6 Å². The molecule has 2 aromatic heterocycles. The summed E-state index contributed by atoms with van der Waals surface area (Å²) in [7, 11) is 2.07. The molecule has 0 fully saturated rings. The van der Waals surface area contributed by atoms with Crippen LogP contribution in [-0.4, -0.2) is 28.9 Å². The van der Waals surface area contributed by atoms with Gasteiger partial charge >= 0.3 is 0 Å². The predicted molar refractivity (Wildman–Crippen MR) is 69.9 cm³/mol. The highest BCUT2D eigenvalue weighted by Gasteiger charge is 2.16. The first-order chi connectivity index (χ1) is 9.13. The van der Waals surface area contributed by atoms with Crippen molar-refractivity contribution in [3.05, 3.63) is 35.8 Å². The lowest BCUT2D eigenvalue weighted by atomic mass is 10.2. The van der Waals surface area contributed by atoms with Crippen molar-refractivity contribution < 1.29 is 14.8 Å². The lowest BCUT2D eigenvalue weighted by Crippen LogP contribution is -3.07. The number of pyridine rings is 1. The Kier molecular flexibility index (Phi) is 4.16. The number of carboxylic acid groups (broad SMARTS) is 1. The number of imidazole rings is 1. The Labute approximate surface area is 112 Å². The summed E-state index contributed by atoms with van der Waals surface area (Å²) >= 11 is 0. The maximum atomic E-state index is 11.2. The molecule has 0 aliphatic carbocycles. The molecule has 0 bridgehead atoms. The highest BCUT2D eigenvalue weighted by Crippen LogP contribution is 2.11. The molecule has 0 saturated carbocycles. The minimum atomic E-state index is -1.21. The molecule has 1 unspecified atom stereocenters. The van der Waals surface area contributed by atoms with Crippen molar-refractivity contribution in [3.63, 3.8) is 0 Å². The van der Waals surface area contributed by atoms with Crippen LogP contribution < -0.4 is 10.0 Å². The molecule has 5 heteroatoms. The van der Waals surface area contributed by atoms with Crippen molar-refractivity contribution in [2.75, 3.05) is 13.6 Å². The Hall–Kier alpha value is -1.88. The zero-order valence-corrected chi connectivity index (χ0v) is 11.3. The van der Waals surface area contributed by atoms with E-state index in [1.807, 2.05) is 22.7 Å². The quantitative estimate of drug-likeness (QED) is 0.763. The minimum Gasteiger partial charge on any atom is -0.543 e. The van der Waals surface area contributed by atoms with Crippen molar-refractivity contribution in [2.24, 2.45) is 0 Å². The fourth-order valence-corrected chi connectivity index (χ4v) is 2.23. The van der Waals surface area contributed by atoms with Crippen LogP contribution in [0.15, 0.2) is 24.4 Å². The summed E-state index contributed by atoms with van der Waals surface area (Å²) in [5.41, 5.74) is 1.42. The van der Waals surface area contributed by atoms with E-state index in [-0.39, 0.29) is 5.69 Å². The standard InChI is InChI=1S/C14H19N3O2/c1-3-4-8-16(2)10-11-13(14(18)19)15-12-7-5-6-9-17(11)12/h5-7,9H,3-4,8,10H2,1-2H3,(H,18,19). The van der Waals surface area contributed by atoms with Gasteiger partial charge < -0.3 is 14.8 Å². The van der Waals surface area contributed by atoms with Gasteiger partial charge in [-0.2, -0.15) is 0 Å². The molecule has 19 heavy (non-hydrogen) atoms. The van der Waals surface area contributed by atoms with Crippen molar-refractivity contribution in [1.29, 1.82) is 0 Å². The smallest absolute Gasteiger partial charge is 0.137 e. The first-order valence-corrected chi connectivity index (χ1v) is 6.62. The molecule has 0 amide bonds. The van der Waals surface area contributed by atoms with Crippen molar-refractivity contribution >= 4 is 11.6 Å². The average molecular weight is 261 g/mol. The second-order valence-electron chi connectivity index (χ2n) is 4.86. The number of aromatic nitrogens is 2. The Balaban J connectivity index is 2.34. The first kappa shape index (κ1) is 13.5. The number of nitrogens with one attached hydrogen (secondary N) is 1. The van der Waals surface area contributed by atoms with Crippen LogP contribution in [0.1, 0.15) is 35.9 Å². The average Bonchev–Trinajstić information content (AvgIpc) is 2.76. The van der Waals surface area contributed by atoms with Crippen LogP contribution in [0.4, 0.5) is 0 Å². The zero-order chi connectivity index (χ0) is 13.8. The normalized spacial score (nSPS) is 12.7. The fourth-order valence-electron chi connectivity index (χ4n) is 2.23. The van der Waals surface area contributed by atoms with E-state index < -0.39 is 5.97 Å². The van der Waals surface area contributed by atoms with Gasteiger partial charge in [0.25, 0.3) is 0 Å². The van der Waals surface area contributed by atoms with E-state index >= 15 is 0 Å². The molecule has 1 atom stereocenters. The third-order valence-corrected chi connectivity index (χ3v) is 3.25. The van der Waals surface area contributed by atoms with Gasteiger partial charge in [0.15, 0.2) is 0 Å². The molecule has 0 aromatic carbocycles. The minimum absolute atomic E-state index is 0.0575. The zero-order valence-electron chi connectivity index (χ0n) is 11.3. The fraction of sp³-hybridized carbons (Fsp3) is 0.429. The van der Waals surface area contributed by atoms with Crippen LogP contribution in [-0.2, 0) is 6.54 Å². The van der Waals surface area contributed by atoms with Crippen LogP contribution in [0.2, 0.25) is 0 Å². The summed E-state index contributed by atoms with van der Waals surface area (Å²) < 4.78 is 1.83. The number of quaternary nitrogens is 1. The largest absolute Gasteiger partial charge is 0.543 e. The third-order valence-electron chi connectivity index (χ3n) is 3.25. The van der Waals surface area contributed by atoms with Crippen LogP contribution in [0.5, 0.6) is 0 Å². The predicted octanol–water partition coefficient (Wildman–Crippen LogP) is -0.487. The molecule has 1 N–H and O–H groups in total. The van der Waals surface area contributed by atoms with Crippen molar-refractivity contribution in [1.82, 2.24) is 9.38 Å². The lowest BCUT2D eigenvalue weighted by molar-refractivity contribution is -0.894. The van der Waals surface area contributed by atoms with Gasteiger partial charge in [-0.05, 0) is 18.6 Å². The number of carboxylic acids is 1. The topological polar surface area (TPSA) is 61.9 Å². The van der Waals surface area contributed by atoms with Crippen LogP contribution in [0.25, 0.3) is 5.65 Å². The molecule has 0 aliphatic heterocycles. The summed E-state index contributed by atoms with van der Waals surface area (Å²) in [5.74, 6) is -1.21. The lowest BCUT2D eigenvalue weighted by Gasteiger charge is -2.14. The number of hydrogen-bond acceptors (Lipinski definition) is 3. The molecular formula is C14H19N3O2. The van der Waals surface area contributed by atoms with Gasteiger partial charge in [0.1, 0.15) is 23.6 Å². The first-order valence-electron chi connectivity index (χ1n) is 6.62. The molecular weight excluding hydrogens is 242 g/mol. The molecule has 0 saturated heterocycles. The monoisotopic (exact) mass is 261 g/mol. The molecule has 0 spiro atoms. The number of carbonyl (C=O) groups excluding carboxylic acids is 1. The number of aromatic carboxylic acids is 1. The molecule has 5 nitrogen and oxygen atoms in total. The second-order valence-corrected chi connectivity index (χ2v) is 4.86. The number of nitrogens with zero attached hydrogens (tertiary/aromatic N) is 2. The highest BCUT2D eigenvalue weighted by atomic mass is 16.4. The molecule has 2 heterocycles. The molecule has 0 aliphatic rings. The Bertz CT molecular complexity index is 577. The van der Waals surface area contributed by atoms with Crippen molar-refractivity contribution in [3.8, 4) is 0 Å². The summed E-state index contributed by atoms with van der Waals surface area (Å²) in [6, 6.07) is 5.52. The Morgan fingerprint density at radius 2 is 2.26 bits per heavy atom. The van der Waals surface area contributed by atoms with Gasteiger partial charge in [0, 0.05) is 6.20 Å². The molecule has 2 rings (SSSR count). The summed E-state index contributed by atoms with van der Waals surface area (Å²) in [6.07, 6.45) is 4.11. The van der Waals surface area contributed by atoms with E-state index in [2.05, 4.69) is 19.0 Å². The maximum absolute atomic E-state index is 11.2. The summed E-state index contributed by atoms with van der Waals surface area (Å²) in [4.78, 5) is 16.6. The Morgan fingerprint density at radius 3 is 2.95 bits per heavy atom. The van der Waals surface area contributed by atoms with Crippen LogP contribution in [0, 0.1) is 0 Å². The molecule has 0 radical (unpaired) electrons. The van der Waals surface area contributed by atoms with E-state index in [0.717, 1.165) is 19.4 Å². The summed E-state index contributed by atoms with van der Waals surface area (Å²) in [5, 5.41) is 11.2. The molecule has 102 valence electrons. The Morgan fingerprint density at radius 1 is 1.47 bits per heavy atom. The third kappa shape index (κ3) is 2.93. The van der Waals surface area contributed by atoms with Crippen LogP contribution >= 0.6 is 0 Å². The number of carbonyl (C=O) groups is 1.